The molecule has 1 amide bonds. The Labute approximate surface area is 164 Å². The fraction of sp³-hybridized carbons (Fsp3) is 0.350. The van der Waals surface area contributed by atoms with E-state index >= 15 is 0 Å². The number of anilines is 1. The summed E-state index contributed by atoms with van der Waals surface area (Å²) in [5.41, 5.74) is 1.12. The maximum atomic E-state index is 13.9. The lowest BCUT2D eigenvalue weighted by Gasteiger charge is -2.22. The molecule has 146 valence electrons. The van der Waals surface area contributed by atoms with Crippen molar-refractivity contribution in [2.75, 3.05) is 26.1 Å². The second kappa shape index (κ2) is 9.58. The van der Waals surface area contributed by atoms with Gasteiger partial charge in [-0.05, 0) is 50.2 Å². The third-order valence-corrected chi connectivity index (χ3v) is 4.57. The van der Waals surface area contributed by atoms with Crippen LogP contribution in [0.25, 0.3) is 0 Å². The van der Waals surface area contributed by atoms with Crippen LogP contribution in [0.1, 0.15) is 19.4 Å². The van der Waals surface area contributed by atoms with Crippen molar-refractivity contribution in [3.05, 3.63) is 52.8 Å². The first-order valence-electron chi connectivity index (χ1n) is 8.73. The maximum absolute atomic E-state index is 13.9. The molecule has 2 rings (SSSR count). The quantitative estimate of drug-likeness (QED) is 0.722. The van der Waals surface area contributed by atoms with Crippen molar-refractivity contribution in [3.63, 3.8) is 0 Å². The average Bonchev–Trinajstić information content (AvgIpc) is 2.64. The number of quaternary nitrogens is 1. The molecule has 5 nitrogen and oxygen atoms in total. The van der Waals surface area contributed by atoms with E-state index in [1.807, 2.05) is 32.2 Å². The van der Waals surface area contributed by atoms with Crippen molar-refractivity contribution in [1.29, 1.82) is 0 Å². The predicted molar refractivity (Wildman–Crippen MR) is 104 cm³/mol. The van der Waals surface area contributed by atoms with Crippen LogP contribution in [0.5, 0.6) is 11.5 Å². The number of halogens is 2. The maximum Gasteiger partial charge on any atom is 0.282 e. The van der Waals surface area contributed by atoms with Gasteiger partial charge in [-0.3, -0.25) is 4.79 Å². The van der Waals surface area contributed by atoms with Gasteiger partial charge in [0.15, 0.2) is 17.5 Å². The van der Waals surface area contributed by atoms with E-state index < -0.39 is 11.9 Å². The Morgan fingerprint density at radius 2 is 2.00 bits per heavy atom. The second-order valence-corrected chi connectivity index (χ2v) is 6.71. The van der Waals surface area contributed by atoms with Gasteiger partial charge in [0.1, 0.15) is 12.4 Å². The van der Waals surface area contributed by atoms with E-state index in [-0.39, 0.29) is 16.6 Å². The molecule has 1 unspecified atom stereocenters. The highest BCUT2D eigenvalue weighted by Gasteiger charge is 2.23. The van der Waals surface area contributed by atoms with Gasteiger partial charge in [0.2, 0.25) is 0 Å². The molecule has 2 atom stereocenters. The zero-order valence-corrected chi connectivity index (χ0v) is 16.7. The van der Waals surface area contributed by atoms with Crippen LogP contribution in [0.15, 0.2) is 36.4 Å². The fourth-order valence-corrected chi connectivity index (χ4v) is 2.79. The Morgan fingerprint density at radius 1 is 1.26 bits per heavy atom. The van der Waals surface area contributed by atoms with Gasteiger partial charge in [-0.25, -0.2) is 4.39 Å². The summed E-state index contributed by atoms with van der Waals surface area (Å²) in [5.74, 6) is 0.511. The van der Waals surface area contributed by atoms with Crippen molar-refractivity contribution in [1.82, 2.24) is 0 Å². The van der Waals surface area contributed by atoms with Gasteiger partial charge in [0.05, 0.1) is 26.5 Å². The first kappa shape index (κ1) is 21.0. The monoisotopic (exact) mass is 395 g/mol. The predicted octanol–water partition coefficient (Wildman–Crippen LogP) is 2.93. The van der Waals surface area contributed by atoms with E-state index in [1.165, 1.54) is 18.2 Å². The zero-order valence-electron chi connectivity index (χ0n) is 15.9. The molecule has 0 saturated carbocycles. The number of hydrogen-bond donors (Lipinski definition) is 2. The second-order valence-electron chi connectivity index (χ2n) is 6.28. The highest BCUT2D eigenvalue weighted by atomic mass is 35.5. The highest BCUT2D eigenvalue weighted by molar-refractivity contribution is 6.30. The summed E-state index contributed by atoms with van der Waals surface area (Å²) >= 11 is 5.74. The summed E-state index contributed by atoms with van der Waals surface area (Å²) < 4.78 is 24.8. The molecule has 0 heterocycles. The van der Waals surface area contributed by atoms with E-state index in [1.54, 1.807) is 14.0 Å². The normalized spacial score (nSPS) is 13.0. The van der Waals surface area contributed by atoms with Crippen LogP contribution in [0, 0.1) is 5.82 Å². The molecule has 0 aliphatic carbocycles. The molecule has 0 fully saturated rings. The van der Waals surface area contributed by atoms with Crippen LogP contribution >= 0.6 is 11.6 Å². The first-order valence-corrected chi connectivity index (χ1v) is 9.11. The fourth-order valence-electron chi connectivity index (χ4n) is 2.63. The number of likely N-dealkylation sites (N-methyl/N-ethyl adjacent to an activating group) is 1. The number of benzene rings is 2. The number of carbonyl (C=O) groups is 1. The van der Waals surface area contributed by atoms with Crippen LogP contribution in [-0.2, 0) is 11.3 Å². The van der Waals surface area contributed by atoms with Crippen LogP contribution in [0.4, 0.5) is 10.1 Å². The summed E-state index contributed by atoms with van der Waals surface area (Å²) in [6.45, 7) is 4.86. The Hall–Kier alpha value is -2.31. The lowest BCUT2D eigenvalue weighted by Crippen LogP contribution is -3.12. The van der Waals surface area contributed by atoms with Gasteiger partial charge < -0.3 is 19.7 Å². The number of methoxy groups -OCH3 is 1. The minimum atomic E-state index is -0.558. The first-order chi connectivity index (χ1) is 12.8. The summed E-state index contributed by atoms with van der Waals surface area (Å²) in [6, 6.07) is 9.47. The molecule has 0 aromatic heterocycles. The Bertz CT molecular complexity index is 801. The molecule has 0 aliphatic rings. The summed E-state index contributed by atoms with van der Waals surface area (Å²) in [7, 11) is 3.50. The molecule has 0 saturated heterocycles. The van der Waals surface area contributed by atoms with E-state index in [2.05, 4.69) is 5.32 Å². The van der Waals surface area contributed by atoms with Gasteiger partial charge in [-0.1, -0.05) is 11.6 Å². The number of carbonyl (C=O) groups excluding carboxylic acids is 1. The van der Waals surface area contributed by atoms with E-state index in [9.17, 15) is 9.18 Å². The summed E-state index contributed by atoms with van der Waals surface area (Å²) in [4.78, 5) is 13.4. The molecule has 0 bridgehead atoms. The number of amides is 1. The van der Waals surface area contributed by atoms with Gasteiger partial charge >= 0.3 is 0 Å². The third kappa shape index (κ3) is 5.58. The zero-order chi connectivity index (χ0) is 20.0. The average molecular weight is 396 g/mol. The van der Waals surface area contributed by atoms with Crippen molar-refractivity contribution >= 4 is 23.2 Å². The third-order valence-electron chi connectivity index (χ3n) is 4.33. The number of rotatable bonds is 8. The highest BCUT2D eigenvalue weighted by Crippen LogP contribution is 2.27. The molecule has 27 heavy (non-hydrogen) atoms. The van der Waals surface area contributed by atoms with Crippen molar-refractivity contribution in [2.45, 2.75) is 26.4 Å². The van der Waals surface area contributed by atoms with E-state index in [0.717, 1.165) is 10.5 Å². The lowest BCUT2D eigenvalue weighted by molar-refractivity contribution is -0.907. The molecule has 0 aliphatic heterocycles. The van der Waals surface area contributed by atoms with Gasteiger partial charge in [0, 0.05) is 10.6 Å². The van der Waals surface area contributed by atoms with Crippen LogP contribution in [0.2, 0.25) is 5.02 Å². The van der Waals surface area contributed by atoms with Crippen LogP contribution in [0.3, 0.4) is 0 Å². The molecule has 2 aromatic carbocycles. The van der Waals surface area contributed by atoms with E-state index in [4.69, 9.17) is 21.1 Å². The molecule has 7 heteroatoms. The van der Waals surface area contributed by atoms with Crippen molar-refractivity contribution in [2.24, 2.45) is 0 Å². The van der Waals surface area contributed by atoms with Crippen LogP contribution < -0.4 is 19.7 Å². The van der Waals surface area contributed by atoms with Crippen molar-refractivity contribution < 1.29 is 23.6 Å². The SMILES string of the molecule is CCOc1ccc(C[NH+](C)[C@@H](C)C(=O)Nc2ccc(Cl)cc2F)cc1OC. The van der Waals surface area contributed by atoms with Crippen molar-refractivity contribution in [3.8, 4) is 11.5 Å². The Kier molecular flexibility index (Phi) is 7.45. The largest absolute Gasteiger partial charge is 0.493 e. The van der Waals surface area contributed by atoms with Gasteiger partial charge in [-0.2, -0.15) is 0 Å². The Morgan fingerprint density at radius 3 is 2.63 bits per heavy atom. The minimum absolute atomic E-state index is 0.117. The topological polar surface area (TPSA) is 52.0 Å². The van der Waals surface area contributed by atoms with Crippen LogP contribution in [-0.4, -0.2) is 32.7 Å². The van der Waals surface area contributed by atoms with Gasteiger partial charge in [-0.15, -0.1) is 0 Å². The van der Waals surface area contributed by atoms with E-state index in [0.29, 0.717) is 24.7 Å². The Balaban J connectivity index is 2.04. The molecule has 2 N–H and O–H groups in total. The molecular formula is C20H25ClFN2O3+. The summed E-state index contributed by atoms with van der Waals surface area (Å²) in [6.07, 6.45) is 0. The standard InChI is InChI=1S/C20H24ClFN2O3/c1-5-27-18-9-6-14(10-19(18)26-4)12-24(3)13(2)20(25)23-17-8-7-15(21)11-16(17)22/h6-11,13H,5,12H2,1-4H3,(H,23,25)/p+1/t13-/m0/s1. The number of ether oxygens (including phenoxy) is 2. The van der Waals surface area contributed by atoms with Gasteiger partial charge in [0.25, 0.3) is 5.91 Å². The number of nitrogens with one attached hydrogen (secondary N) is 2. The summed E-state index contributed by atoms with van der Waals surface area (Å²) in [5, 5.41) is 2.90. The lowest BCUT2D eigenvalue weighted by atomic mass is 10.1. The molecular weight excluding hydrogens is 371 g/mol. The molecule has 2 aromatic rings. The smallest absolute Gasteiger partial charge is 0.282 e. The molecule has 0 spiro atoms. The minimum Gasteiger partial charge on any atom is -0.493 e. The molecule has 0 radical (unpaired) electrons. The number of hydrogen-bond acceptors (Lipinski definition) is 3.